The number of nitrogens with zero attached hydrogens (tertiary/aromatic N) is 2. The third kappa shape index (κ3) is 3.35. The van der Waals surface area contributed by atoms with Crippen molar-refractivity contribution in [1.82, 2.24) is 9.29 Å². The minimum absolute atomic E-state index is 0.218. The Morgan fingerprint density at radius 2 is 2.26 bits per heavy atom. The number of aromatic nitrogens is 1. The van der Waals surface area contributed by atoms with E-state index in [0.29, 0.717) is 8.81 Å². The van der Waals surface area contributed by atoms with Crippen molar-refractivity contribution >= 4 is 48.9 Å². The van der Waals surface area contributed by atoms with E-state index in [1.807, 2.05) is 6.07 Å². The third-order valence-electron chi connectivity index (χ3n) is 2.42. The number of pyridine rings is 1. The fourth-order valence-corrected chi connectivity index (χ4v) is 5.21. The van der Waals surface area contributed by atoms with Crippen molar-refractivity contribution < 1.29 is 8.42 Å². The molecule has 8 heteroatoms. The number of hydrogen-bond acceptors (Lipinski definition) is 4. The SMILES string of the molecule is CN(Cc1cccnc1)S(=O)(=O)c1cc(Cl)c(Br)s1. The second-order valence-corrected chi connectivity index (χ2v) is 8.86. The molecule has 0 aromatic carbocycles. The fourth-order valence-electron chi connectivity index (χ4n) is 1.44. The van der Waals surface area contributed by atoms with Crippen LogP contribution in [0, 0.1) is 0 Å². The molecule has 0 saturated carbocycles. The molecule has 19 heavy (non-hydrogen) atoms. The minimum Gasteiger partial charge on any atom is -0.264 e. The minimum atomic E-state index is -3.53. The van der Waals surface area contributed by atoms with E-state index >= 15 is 0 Å². The molecular weight excluding hydrogens is 372 g/mol. The summed E-state index contributed by atoms with van der Waals surface area (Å²) in [4.78, 5) is 3.96. The molecule has 0 aliphatic rings. The topological polar surface area (TPSA) is 50.3 Å². The third-order valence-corrected chi connectivity index (χ3v) is 7.14. The first-order chi connectivity index (χ1) is 8.91. The van der Waals surface area contributed by atoms with Crippen molar-refractivity contribution in [3.8, 4) is 0 Å². The molecule has 2 rings (SSSR count). The smallest absolute Gasteiger partial charge is 0.252 e. The lowest BCUT2D eigenvalue weighted by Gasteiger charge is -2.15. The Bertz CT molecular complexity index is 654. The average molecular weight is 382 g/mol. The number of sulfonamides is 1. The average Bonchev–Trinajstić information content (AvgIpc) is 2.71. The zero-order valence-electron chi connectivity index (χ0n) is 9.88. The van der Waals surface area contributed by atoms with Gasteiger partial charge in [0.15, 0.2) is 0 Å². The van der Waals surface area contributed by atoms with Gasteiger partial charge in [-0.15, -0.1) is 11.3 Å². The Balaban J connectivity index is 2.25. The van der Waals surface area contributed by atoms with Crippen LogP contribution >= 0.6 is 38.9 Å². The number of thiophene rings is 1. The van der Waals surface area contributed by atoms with Crippen molar-refractivity contribution in [3.63, 3.8) is 0 Å². The van der Waals surface area contributed by atoms with E-state index in [0.717, 1.165) is 16.9 Å². The summed E-state index contributed by atoms with van der Waals surface area (Å²) in [6.45, 7) is 0.267. The van der Waals surface area contributed by atoms with Crippen LogP contribution in [-0.2, 0) is 16.6 Å². The van der Waals surface area contributed by atoms with Gasteiger partial charge in [-0.2, -0.15) is 4.31 Å². The summed E-state index contributed by atoms with van der Waals surface area (Å²) in [7, 11) is -2.00. The molecule has 0 saturated heterocycles. The van der Waals surface area contributed by atoms with Gasteiger partial charge in [0.25, 0.3) is 10.0 Å². The van der Waals surface area contributed by atoms with Crippen LogP contribution in [-0.4, -0.2) is 24.8 Å². The molecule has 2 heterocycles. The Labute approximate surface area is 129 Å². The van der Waals surface area contributed by atoms with Crippen LogP contribution in [0.4, 0.5) is 0 Å². The van der Waals surface area contributed by atoms with Crippen LogP contribution in [0.2, 0.25) is 5.02 Å². The molecule has 0 bridgehead atoms. The molecule has 0 fully saturated rings. The maximum atomic E-state index is 12.3. The fraction of sp³-hybridized carbons (Fsp3) is 0.182. The van der Waals surface area contributed by atoms with Crippen LogP contribution in [0.25, 0.3) is 0 Å². The van der Waals surface area contributed by atoms with E-state index in [2.05, 4.69) is 20.9 Å². The Hall–Kier alpha value is -0.470. The summed E-state index contributed by atoms with van der Waals surface area (Å²) in [5.74, 6) is 0. The van der Waals surface area contributed by atoms with Gasteiger partial charge in [-0.05, 0) is 33.6 Å². The first-order valence-corrected chi connectivity index (χ1v) is 8.64. The standard InChI is InChI=1S/C11H10BrClN2O2S2/c1-15(7-8-3-2-4-14-6-8)19(16,17)10-5-9(13)11(12)18-10/h2-6H,7H2,1H3. The maximum absolute atomic E-state index is 12.3. The van der Waals surface area contributed by atoms with Gasteiger partial charge < -0.3 is 0 Å². The quantitative estimate of drug-likeness (QED) is 0.816. The zero-order chi connectivity index (χ0) is 14.0. The Morgan fingerprint density at radius 1 is 1.53 bits per heavy atom. The second kappa shape index (κ2) is 5.88. The summed E-state index contributed by atoms with van der Waals surface area (Å²) in [5.41, 5.74) is 0.829. The molecule has 0 radical (unpaired) electrons. The summed E-state index contributed by atoms with van der Waals surface area (Å²) < 4.78 is 26.8. The highest BCUT2D eigenvalue weighted by molar-refractivity contribution is 9.11. The normalized spacial score (nSPS) is 12.0. The Morgan fingerprint density at radius 3 is 2.79 bits per heavy atom. The van der Waals surface area contributed by atoms with Crippen molar-refractivity contribution in [2.75, 3.05) is 7.05 Å². The number of halogens is 2. The van der Waals surface area contributed by atoms with Crippen molar-refractivity contribution in [3.05, 3.63) is 45.0 Å². The maximum Gasteiger partial charge on any atom is 0.252 e. The Kier molecular flexibility index (Phi) is 4.62. The highest BCUT2D eigenvalue weighted by atomic mass is 79.9. The first-order valence-electron chi connectivity index (χ1n) is 5.21. The van der Waals surface area contributed by atoms with E-state index in [-0.39, 0.29) is 10.8 Å². The monoisotopic (exact) mass is 380 g/mol. The van der Waals surface area contributed by atoms with Gasteiger partial charge in [0.2, 0.25) is 0 Å². The van der Waals surface area contributed by atoms with E-state index in [1.165, 1.54) is 17.4 Å². The summed E-state index contributed by atoms with van der Waals surface area (Å²) in [6.07, 6.45) is 3.29. The van der Waals surface area contributed by atoms with Gasteiger partial charge in [-0.3, -0.25) is 4.98 Å². The van der Waals surface area contributed by atoms with E-state index in [4.69, 9.17) is 11.6 Å². The largest absolute Gasteiger partial charge is 0.264 e. The van der Waals surface area contributed by atoms with E-state index < -0.39 is 10.0 Å². The van der Waals surface area contributed by atoms with Gasteiger partial charge in [-0.25, -0.2) is 8.42 Å². The van der Waals surface area contributed by atoms with Gasteiger partial charge in [0.1, 0.15) is 4.21 Å². The molecule has 0 amide bonds. The van der Waals surface area contributed by atoms with Crippen LogP contribution in [0.15, 0.2) is 38.6 Å². The highest BCUT2D eigenvalue weighted by Crippen LogP contribution is 2.35. The second-order valence-electron chi connectivity index (χ2n) is 3.81. The van der Waals surface area contributed by atoms with Crippen molar-refractivity contribution in [1.29, 1.82) is 0 Å². The van der Waals surface area contributed by atoms with E-state index in [1.54, 1.807) is 18.5 Å². The van der Waals surface area contributed by atoms with Gasteiger partial charge >= 0.3 is 0 Å². The molecule has 0 aliphatic heterocycles. The summed E-state index contributed by atoms with van der Waals surface area (Å²) in [5, 5.41) is 0.401. The van der Waals surface area contributed by atoms with Crippen molar-refractivity contribution in [2.45, 2.75) is 10.8 Å². The summed E-state index contributed by atoms with van der Waals surface area (Å²) in [6, 6.07) is 5.05. The first kappa shape index (κ1) is 14.9. The molecule has 0 unspecified atom stereocenters. The molecule has 102 valence electrons. The van der Waals surface area contributed by atoms with Gasteiger partial charge in [0, 0.05) is 26.0 Å². The summed E-state index contributed by atoms with van der Waals surface area (Å²) >= 11 is 10.2. The zero-order valence-corrected chi connectivity index (χ0v) is 13.9. The number of rotatable bonds is 4. The lowest BCUT2D eigenvalue weighted by Crippen LogP contribution is -2.25. The molecule has 2 aromatic heterocycles. The lowest BCUT2D eigenvalue weighted by molar-refractivity contribution is 0.468. The molecule has 0 atom stereocenters. The predicted octanol–water partition coefficient (Wildman–Crippen LogP) is 3.38. The van der Waals surface area contributed by atoms with Gasteiger partial charge in [-0.1, -0.05) is 17.7 Å². The van der Waals surface area contributed by atoms with Crippen LogP contribution in [0.3, 0.4) is 0 Å². The van der Waals surface area contributed by atoms with Crippen LogP contribution in [0.5, 0.6) is 0 Å². The van der Waals surface area contributed by atoms with E-state index in [9.17, 15) is 8.42 Å². The molecule has 0 N–H and O–H groups in total. The van der Waals surface area contributed by atoms with Crippen LogP contribution in [0.1, 0.15) is 5.56 Å². The number of hydrogen-bond donors (Lipinski definition) is 0. The lowest BCUT2D eigenvalue weighted by atomic mass is 10.3. The molecule has 0 aliphatic carbocycles. The molecule has 2 aromatic rings. The highest BCUT2D eigenvalue weighted by Gasteiger charge is 2.24. The predicted molar refractivity (Wildman–Crippen MR) is 79.9 cm³/mol. The van der Waals surface area contributed by atoms with Gasteiger partial charge in [0.05, 0.1) is 8.81 Å². The van der Waals surface area contributed by atoms with Crippen molar-refractivity contribution in [2.24, 2.45) is 0 Å². The molecule has 0 spiro atoms. The molecular formula is C11H10BrClN2O2S2. The molecule has 4 nitrogen and oxygen atoms in total. The van der Waals surface area contributed by atoms with Crippen LogP contribution < -0.4 is 0 Å².